The number of nitrogens with one attached hydrogen (secondary N) is 1. The molecule has 2 aliphatic carbocycles. The first kappa shape index (κ1) is 44.2. The highest BCUT2D eigenvalue weighted by Gasteiger charge is 2.56. The first-order valence-corrected chi connectivity index (χ1v) is 21.3. The van der Waals surface area contributed by atoms with Crippen molar-refractivity contribution in [2.45, 2.75) is 87.7 Å². The molecule has 4 heterocycles. The van der Waals surface area contributed by atoms with Crippen molar-refractivity contribution in [3.8, 4) is 17.2 Å². The lowest BCUT2D eigenvalue weighted by Gasteiger charge is -2.45. The Hall–Kier alpha value is -6.06. The molecule has 0 aromatic heterocycles. The first-order valence-electron chi connectivity index (χ1n) is 21.3. The molecule has 0 radical (unpaired) electrons. The summed E-state index contributed by atoms with van der Waals surface area (Å²) in [5, 5.41) is 48.4. The zero-order valence-electron chi connectivity index (χ0n) is 35.7. The smallest absolute Gasteiger partial charge is 0.255 e. The van der Waals surface area contributed by atoms with E-state index < -0.39 is 102 Å². The number of phenols is 2. The van der Waals surface area contributed by atoms with Crippen LogP contribution in [0.1, 0.15) is 80.8 Å². The van der Waals surface area contributed by atoms with Crippen molar-refractivity contribution in [3.05, 3.63) is 93.6 Å². The van der Waals surface area contributed by atoms with Gasteiger partial charge < -0.3 is 54.3 Å². The number of rotatable bonds is 12. The van der Waals surface area contributed by atoms with E-state index in [2.05, 4.69) is 10.2 Å². The molecule has 0 saturated carbocycles. The highest BCUT2D eigenvalue weighted by molar-refractivity contribution is 6.31. The predicted molar refractivity (Wildman–Crippen MR) is 224 cm³/mol. The molecule has 4 aliphatic heterocycles. The Kier molecular flexibility index (Phi) is 11.6. The number of ether oxygens (including phenoxy) is 5. The number of imide groups is 1. The van der Waals surface area contributed by atoms with Crippen molar-refractivity contribution >= 4 is 40.8 Å². The molecule has 3 saturated heterocycles. The Morgan fingerprint density at radius 2 is 1.65 bits per heavy atom. The van der Waals surface area contributed by atoms with E-state index in [4.69, 9.17) is 23.7 Å². The third kappa shape index (κ3) is 7.46. The van der Waals surface area contributed by atoms with Crippen LogP contribution in [0.3, 0.4) is 0 Å². The predicted octanol–water partition coefficient (Wildman–Crippen LogP) is 1.45. The number of anilines is 1. The Balaban J connectivity index is 0.907. The normalized spacial score (nSPS) is 28.1. The topological polar surface area (TPSA) is 251 Å². The molecular weight excluding hydrogens is 849 g/mol. The summed E-state index contributed by atoms with van der Waals surface area (Å²) in [5.74, 6) is -4.76. The number of carbonyl (C=O) groups excluding carboxylic acids is 6. The van der Waals surface area contributed by atoms with E-state index in [0.29, 0.717) is 25.2 Å². The largest absolute Gasteiger partial charge is 0.507 e. The number of ketones is 3. The molecule has 19 heteroatoms. The summed E-state index contributed by atoms with van der Waals surface area (Å²) in [7, 11) is 2.83. The molecule has 0 unspecified atom stereocenters. The molecule has 3 aromatic rings. The van der Waals surface area contributed by atoms with Gasteiger partial charge >= 0.3 is 0 Å². The highest BCUT2D eigenvalue weighted by Crippen LogP contribution is 2.53. The number of phenolic OH excluding ortho intramolecular Hbond substituents is 2. The summed E-state index contributed by atoms with van der Waals surface area (Å²) in [4.78, 5) is 83.4. The fraction of sp³-hybridized carbons (Fsp3) is 0.435. The van der Waals surface area contributed by atoms with Gasteiger partial charge in [-0.3, -0.25) is 38.6 Å². The summed E-state index contributed by atoms with van der Waals surface area (Å²) in [6.07, 6.45) is -2.84. The lowest BCUT2D eigenvalue weighted by Crippen LogP contribution is -2.62. The van der Waals surface area contributed by atoms with Crippen molar-refractivity contribution in [1.29, 1.82) is 0 Å². The van der Waals surface area contributed by atoms with E-state index in [-0.39, 0.29) is 71.3 Å². The number of Topliss-reactive ketones (excluding diaryl/α,β-unsaturated/α-hetero) is 1. The SMILES string of the molecule is COc1cccc2c1C(=O)c1c(O)c3c(c(O)c1C2=O)C[C@@](O)(C(=O)CO)C[C@@H]3O[C@H]1C[C@H]2[C@H](O[C@@H]3[C@@H](OC)N(C(=O)CCc4ccc(NCN5C(=O)C=CC5=O)cc4)CCN32)[C@H](C)O1. The van der Waals surface area contributed by atoms with Crippen molar-refractivity contribution in [2.24, 2.45) is 0 Å². The minimum Gasteiger partial charge on any atom is -0.507 e. The number of aliphatic hydroxyl groups excluding tert-OH is 1. The number of fused-ring (bicyclic) bond motifs is 6. The number of methoxy groups -OCH3 is 2. The number of hydrogen-bond acceptors (Lipinski definition) is 17. The number of amides is 3. The number of carbonyl (C=O) groups is 6. The molecular formula is C46H48N4O15. The van der Waals surface area contributed by atoms with Gasteiger partial charge in [-0.15, -0.1) is 0 Å². The lowest BCUT2D eigenvalue weighted by atomic mass is 9.72. The van der Waals surface area contributed by atoms with E-state index in [1.54, 1.807) is 11.8 Å². The maximum Gasteiger partial charge on any atom is 0.255 e. The van der Waals surface area contributed by atoms with Crippen LogP contribution >= 0.6 is 0 Å². The standard InChI is InChI=1S/C46H48N4O15/c1-22-43-27(48-15-16-49(44(62-3)45(48)65-43)31(53)12-9-23-7-10-24(11-8-23)47-21-50-32(54)13-14-33(50)55)17-34(63-22)64-29-19-46(60,30(52)20-51)18-26-36(29)42(59)38-37(40(26)57)39(56)25-5-4-6-28(61-2)35(25)41(38)58/h4-8,10-11,13-14,22,27,29,34,43-45,47,51,57,59-60H,9,12,15-21H2,1-3H3/t22-,27-,29-,34-,43+,44+,45+,46-/m0/s1. The second-order valence-electron chi connectivity index (χ2n) is 17.0. The maximum atomic E-state index is 14.1. The molecule has 6 aliphatic rings. The van der Waals surface area contributed by atoms with Gasteiger partial charge in [-0.2, -0.15) is 0 Å². The second kappa shape index (κ2) is 17.1. The van der Waals surface area contributed by atoms with Gasteiger partial charge in [0.25, 0.3) is 11.8 Å². The Labute approximate surface area is 372 Å². The summed E-state index contributed by atoms with van der Waals surface area (Å²) in [6.45, 7) is 1.49. The minimum absolute atomic E-state index is 0.0286. The zero-order chi connectivity index (χ0) is 46.1. The van der Waals surface area contributed by atoms with Crippen molar-refractivity contribution in [1.82, 2.24) is 14.7 Å². The van der Waals surface area contributed by atoms with E-state index >= 15 is 0 Å². The molecule has 342 valence electrons. The number of piperazine rings is 1. The van der Waals surface area contributed by atoms with E-state index in [0.717, 1.165) is 10.5 Å². The Morgan fingerprint density at radius 1 is 0.923 bits per heavy atom. The quantitative estimate of drug-likeness (QED) is 0.0997. The number of hydrogen-bond donors (Lipinski definition) is 5. The summed E-state index contributed by atoms with van der Waals surface area (Å²) >= 11 is 0. The van der Waals surface area contributed by atoms with Crippen LogP contribution in [0.25, 0.3) is 0 Å². The molecule has 3 aromatic carbocycles. The lowest BCUT2D eigenvalue weighted by molar-refractivity contribution is -0.248. The molecule has 0 bridgehead atoms. The minimum atomic E-state index is -2.30. The van der Waals surface area contributed by atoms with Crippen molar-refractivity contribution in [2.75, 3.05) is 45.9 Å². The van der Waals surface area contributed by atoms with Gasteiger partial charge in [0.2, 0.25) is 11.7 Å². The number of aromatic hydroxyl groups is 2. The molecule has 0 spiro atoms. The van der Waals surface area contributed by atoms with Crippen LogP contribution in [0.4, 0.5) is 5.69 Å². The first-order chi connectivity index (χ1) is 31.2. The van der Waals surface area contributed by atoms with Crippen LogP contribution in [0.2, 0.25) is 0 Å². The van der Waals surface area contributed by atoms with Crippen molar-refractivity contribution in [3.63, 3.8) is 0 Å². The average molecular weight is 897 g/mol. The Bertz CT molecular complexity index is 2510. The van der Waals surface area contributed by atoms with Gasteiger partial charge in [0.15, 0.2) is 30.3 Å². The van der Waals surface area contributed by atoms with Crippen LogP contribution in [0, 0.1) is 0 Å². The van der Waals surface area contributed by atoms with Crippen LogP contribution in [-0.4, -0.2) is 153 Å². The van der Waals surface area contributed by atoms with Gasteiger partial charge in [-0.05, 0) is 37.1 Å². The summed E-state index contributed by atoms with van der Waals surface area (Å²) < 4.78 is 30.7. The molecule has 3 amide bonds. The number of nitrogens with zero attached hydrogens (tertiary/aromatic N) is 3. The number of benzene rings is 3. The molecule has 19 nitrogen and oxygen atoms in total. The van der Waals surface area contributed by atoms with Gasteiger partial charge in [0.05, 0.1) is 42.7 Å². The molecule has 3 fully saturated rings. The van der Waals surface area contributed by atoms with E-state index in [1.165, 1.54) is 44.6 Å². The zero-order valence-corrected chi connectivity index (χ0v) is 35.7. The fourth-order valence-corrected chi connectivity index (χ4v) is 10.1. The highest BCUT2D eigenvalue weighted by atomic mass is 16.7. The van der Waals surface area contributed by atoms with E-state index in [1.807, 2.05) is 24.3 Å². The molecule has 5 N–H and O–H groups in total. The van der Waals surface area contributed by atoms with Crippen LogP contribution in [0.5, 0.6) is 17.2 Å². The van der Waals surface area contributed by atoms with Gasteiger partial charge in [0, 0.05) is 86.5 Å². The van der Waals surface area contributed by atoms with Gasteiger partial charge in [-0.1, -0.05) is 24.3 Å². The van der Waals surface area contributed by atoms with Crippen LogP contribution < -0.4 is 10.1 Å². The van der Waals surface area contributed by atoms with Gasteiger partial charge in [0.1, 0.15) is 35.6 Å². The number of aryl methyl sites for hydroxylation is 1. The van der Waals surface area contributed by atoms with Gasteiger partial charge in [-0.25, -0.2) is 0 Å². The molecule has 9 rings (SSSR count). The molecule has 8 atom stereocenters. The molecule has 65 heavy (non-hydrogen) atoms. The number of aliphatic hydroxyl groups is 2. The average Bonchev–Trinajstić information content (AvgIpc) is 3.84. The second-order valence-corrected chi connectivity index (χ2v) is 17.0. The van der Waals surface area contributed by atoms with Crippen molar-refractivity contribution < 1.29 is 72.9 Å². The maximum absolute atomic E-state index is 14.1. The monoisotopic (exact) mass is 896 g/mol. The summed E-state index contributed by atoms with van der Waals surface area (Å²) in [5.41, 5.74) is -2.14. The van der Waals surface area contributed by atoms with E-state index in [9.17, 15) is 49.2 Å². The van der Waals surface area contributed by atoms with Crippen LogP contribution in [0.15, 0.2) is 54.6 Å². The third-order valence-corrected chi connectivity index (χ3v) is 13.4. The third-order valence-electron chi connectivity index (χ3n) is 13.4. The van der Waals surface area contributed by atoms with Crippen LogP contribution in [-0.2, 0) is 51.0 Å². The summed E-state index contributed by atoms with van der Waals surface area (Å²) in [6, 6.07) is 11.4. The fourth-order valence-electron chi connectivity index (χ4n) is 10.1. The Morgan fingerprint density at radius 3 is 2.34 bits per heavy atom.